The van der Waals surface area contributed by atoms with Crippen LogP contribution in [0.4, 0.5) is 5.69 Å². The van der Waals surface area contributed by atoms with Gasteiger partial charge in [0.05, 0.1) is 11.3 Å². The topological polar surface area (TPSA) is 62.1 Å². The van der Waals surface area contributed by atoms with Crippen molar-refractivity contribution in [3.8, 4) is 11.8 Å². The first-order valence-electron chi connectivity index (χ1n) is 6.17. The number of carbonyl (C=O) groups is 1. The largest absolute Gasteiger partial charge is 0.484 e. The molecule has 2 aromatic carbocycles. The lowest BCUT2D eigenvalue weighted by molar-refractivity contribution is -0.118. The number of aryl methyl sites for hydroxylation is 1. The van der Waals surface area contributed by atoms with E-state index in [4.69, 9.17) is 10.00 Å². The maximum Gasteiger partial charge on any atom is 0.262 e. The van der Waals surface area contributed by atoms with Crippen molar-refractivity contribution in [2.24, 2.45) is 0 Å². The van der Waals surface area contributed by atoms with Crippen molar-refractivity contribution in [3.05, 3.63) is 59.7 Å². The van der Waals surface area contributed by atoms with Crippen molar-refractivity contribution in [1.29, 1.82) is 5.26 Å². The minimum atomic E-state index is -0.297. The Kier molecular flexibility index (Phi) is 4.35. The molecule has 100 valence electrons. The molecule has 0 aliphatic carbocycles. The van der Waals surface area contributed by atoms with Gasteiger partial charge in [0.1, 0.15) is 11.8 Å². The van der Waals surface area contributed by atoms with Crippen molar-refractivity contribution in [3.63, 3.8) is 0 Å². The van der Waals surface area contributed by atoms with E-state index in [0.717, 1.165) is 5.56 Å². The van der Waals surface area contributed by atoms with E-state index in [9.17, 15) is 4.79 Å². The van der Waals surface area contributed by atoms with Gasteiger partial charge in [-0.2, -0.15) is 5.26 Å². The third kappa shape index (κ3) is 3.59. The molecular weight excluding hydrogens is 252 g/mol. The molecule has 0 spiro atoms. The minimum absolute atomic E-state index is 0.0940. The third-order valence-electron chi connectivity index (χ3n) is 2.68. The van der Waals surface area contributed by atoms with Crippen molar-refractivity contribution in [2.75, 3.05) is 11.9 Å². The molecule has 0 radical (unpaired) electrons. The van der Waals surface area contributed by atoms with Crippen LogP contribution in [-0.4, -0.2) is 12.5 Å². The van der Waals surface area contributed by atoms with Gasteiger partial charge < -0.3 is 10.1 Å². The number of carbonyl (C=O) groups excluding carboxylic acids is 1. The smallest absolute Gasteiger partial charge is 0.262 e. The summed E-state index contributed by atoms with van der Waals surface area (Å²) >= 11 is 0. The molecule has 20 heavy (non-hydrogen) atoms. The van der Waals surface area contributed by atoms with Crippen LogP contribution in [-0.2, 0) is 4.79 Å². The monoisotopic (exact) mass is 266 g/mol. The summed E-state index contributed by atoms with van der Waals surface area (Å²) in [5.74, 6) is 0.350. The lowest BCUT2D eigenvalue weighted by atomic mass is 10.2. The minimum Gasteiger partial charge on any atom is -0.484 e. The quantitative estimate of drug-likeness (QED) is 0.925. The highest BCUT2D eigenvalue weighted by molar-refractivity contribution is 5.93. The summed E-state index contributed by atoms with van der Waals surface area (Å²) in [5, 5.41) is 11.6. The molecule has 4 heteroatoms. The Morgan fingerprint density at radius 3 is 2.80 bits per heavy atom. The van der Waals surface area contributed by atoms with Gasteiger partial charge in [0.15, 0.2) is 6.61 Å². The van der Waals surface area contributed by atoms with Gasteiger partial charge in [-0.05, 0) is 36.8 Å². The predicted molar refractivity (Wildman–Crippen MR) is 76.5 cm³/mol. The van der Waals surface area contributed by atoms with Crippen molar-refractivity contribution >= 4 is 11.6 Å². The Morgan fingerprint density at radius 1 is 1.25 bits per heavy atom. The average molecular weight is 266 g/mol. The third-order valence-corrected chi connectivity index (χ3v) is 2.68. The molecule has 2 rings (SSSR count). The summed E-state index contributed by atoms with van der Waals surface area (Å²) in [4.78, 5) is 11.8. The molecule has 0 aliphatic heterocycles. The molecule has 4 nitrogen and oxygen atoms in total. The molecule has 0 fully saturated rings. The molecule has 1 amide bonds. The van der Waals surface area contributed by atoms with E-state index in [1.807, 2.05) is 31.2 Å². The maximum atomic E-state index is 11.8. The Morgan fingerprint density at radius 2 is 2.05 bits per heavy atom. The zero-order valence-corrected chi connectivity index (χ0v) is 11.1. The van der Waals surface area contributed by atoms with Crippen molar-refractivity contribution in [1.82, 2.24) is 0 Å². The van der Waals surface area contributed by atoms with Gasteiger partial charge in [0, 0.05) is 0 Å². The van der Waals surface area contributed by atoms with Gasteiger partial charge in [0.2, 0.25) is 0 Å². The number of amides is 1. The first kappa shape index (κ1) is 13.6. The van der Waals surface area contributed by atoms with Crippen LogP contribution in [0.2, 0.25) is 0 Å². The molecule has 0 aromatic heterocycles. The van der Waals surface area contributed by atoms with Crippen LogP contribution >= 0.6 is 0 Å². The van der Waals surface area contributed by atoms with Crippen LogP contribution in [0, 0.1) is 18.3 Å². The van der Waals surface area contributed by atoms with Crippen LogP contribution in [0.25, 0.3) is 0 Å². The summed E-state index contributed by atoms with van der Waals surface area (Å²) in [6, 6.07) is 16.3. The number of anilines is 1. The first-order chi connectivity index (χ1) is 9.69. The Balaban J connectivity index is 1.95. The summed E-state index contributed by atoms with van der Waals surface area (Å²) in [6.45, 7) is 1.86. The van der Waals surface area contributed by atoms with Crippen LogP contribution in [0.1, 0.15) is 11.1 Å². The van der Waals surface area contributed by atoms with E-state index in [1.54, 1.807) is 30.3 Å². The number of para-hydroxylation sites is 1. The predicted octanol–water partition coefficient (Wildman–Crippen LogP) is 2.88. The summed E-state index contributed by atoms with van der Waals surface area (Å²) in [5.41, 5.74) is 1.99. The fraction of sp³-hybridized carbons (Fsp3) is 0.125. The van der Waals surface area contributed by atoms with Gasteiger partial charge >= 0.3 is 0 Å². The lowest BCUT2D eigenvalue weighted by Gasteiger charge is -2.08. The fourth-order valence-electron chi connectivity index (χ4n) is 1.73. The normalized spacial score (nSPS) is 9.60. The maximum absolute atomic E-state index is 11.8. The molecule has 0 saturated heterocycles. The average Bonchev–Trinajstić information content (AvgIpc) is 2.46. The van der Waals surface area contributed by atoms with Crippen LogP contribution in [0.3, 0.4) is 0 Å². The highest BCUT2D eigenvalue weighted by Gasteiger charge is 2.07. The highest BCUT2D eigenvalue weighted by Crippen LogP contribution is 2.14. The molecule has 0 bridgehead atoms. The summed E-state index contributed by atoms with van der Waals surface area (Å²) < 4.78 is 5.40. The lowest BCUT2D eigenvalue weighted by Crippen LogP contribution is -2.20. The van der Waals surface area contributed by atoms with E-state index < -0.39 is 0 Å². The molecule has 0 heterocycles. The number of nitrogens with zero attached hydrogens (tertiary/aromatic N) is 1. The molecule has 0 unspecified atom stereocenters. The number of ether oxygens (including phenoxy) is 1. The fourth-order valence-corrected chi connectivity index (χ4v) is 1.73. The zero-order chi connectivity index (χ0) is 14.4. The highest BCUT2D eigenvalue weighted by atomic mass is 16.5. The molecule has 0 aliphatic rings. The second-order valence-electron chi connectivity index (χ2n) is 4.31. The van der Waals surface area contributed by atoms with Gasteiger partial charge in [-0.15, -0.1) is 0 Å². The van der Waals surface area contributed by atoms with Gasteiger partial charge in [-0.25, -0.2) is 0 Å². The first-order valence-corrected chi connectivity index (χ1v) is 6.17. The number of benzene rings is 2. The molecule has 1 N–H and O–H groups in total. The SMILES string of the molecule is Cc1cccc(OCC(=O)Nc2ccccc2C#N)c1. The molecular formula is C16H14N2O2. The standard InChI is InChI=1S/C16H14N2O2/c1-12-5-4-7-14(9-12)20-11-16(19)18-15-8-3-2-6-13(15)10-17/h2-9H,11H2,1H3,(H,18,19). The van der Waals surface area contributed by atoms with Gasteiger partial charge in [0.25, 0.3) is 5.91 Å². The number of rotatable bonds is 4. The van der Waals surface area contributed by atoms with Crippen LogP contribution in [0.5, 0.6) is 5.75 Å². The Hall–Kier alpha value is -2.80. The number of nitriles is 1. The van der Waals surface area contributed by atoms with Crippen LogP contribution in [0.15, 0.2) is 48.5 Å². The van der Waals surface area contributed by atoms with Crippen molar-refractivity contribution < 1.29 is 9.53 Å². The van der Waals surface area contributed by atoms with E-state index in [1.165, 1.54) is 0 Å². The van der Waals surface area contributed by atoms with E-state index in [-0.39, 0.29) is 12.5 Å². The van der Waals surface area contributed by atoms with Gasteiger partial charge in [-0.1, -0.05) is 24.3 Å². The summed E-state index contributed by atoms with van der Waals surface area (Å²) in [6.07, 6.45) is 0. The Bertz CT molecular complexity index is 660. The molecule has 0 saturated carbocycles. The summed E-state index contributed by atoms with van der Waals surface area (Å²) in [7, 11) is 0. The second kappa shape index (κ2) is 6.39. The Labute approximate surface area is 117 Å². The van der Waals surface area contributed by atoms with Crippen molar-refractivity contribution in [2.45, 2.75) is 6.92 Å². The number of hydrogen-bond donors (Lipinski definition) is 1. The second-order valence-corrected chi connectivity index (χ2v) is 4.31. The number of hydrogen-bond acceptors (Lipinski definition) is 3. The van der Waals surface area contributed by atoms with E-state index >= 15 is 0 Å². The molecule has 0 atom stereocenters. The van der Waals surface area contributed by atoms with Gasteiger partial charge in [-0.3, -0.25) is 4.79 Å². The molecule has 2 aromatic rings. The van der Waals surface area contributed by atoms with Crippen LogP contribution < -0.4 is 10.1 Å². The zero-order valence-electron chi connectivity index (χ0n) is 11.1. The van der Waals surface area contributed by atoms with E-state index in [2.05, 4.69) is 5.32 Å². The van der Waals surface area contributed by atoms with E-state index in [0.29, 0.717) is 17.0 Å². The number of nitrogens with one attached hydrogen (secondary N) is 1.